The molecule has 6 heteroatoms. The van der Waals surface area contributed by atoms with Gasteiger partial charge in [0.15, 0.2) is 17.3 Å². The van der Waals surface area contributed by atoms with Gasteiger partial charge in [0.25, 0.3) is 0 Å². The molecule has 128 valence electrons. The van der Waals surface area contributed by atoms with Gasteiger partial charge in [0.2, 0.25) is 0 Å². The lowest BCUT2D eigenvalue weighted by Gasteiger charge is -2.26. The van der Waals surface area contributed by atoms with Gasteiger partial charge in [-0.1, -0.05) is 18.2 Å². The second-order valence-electron chi connectivity index (χ2n) is 5.62. The van der Waals surface area contributed by atoms with Crippen LogP contribution in [-0.2, 0) is 9.59 Å². The number of para-hydroxylation sites is 1. The van der Waals surface area contributed by atoms with Gasteiger partial charge in [-0.05, 0) is 29.8 Å². The maximum Gasteiger partial charge on any atom is 0.308 e. The fraction of sp³-hybridized carbons (Fsp3) is 0.211. The summed E-state index contributed by atoms with van der Waals surface area (Å²) in [6.45, 7) is 2.61. The van der Waals surface area contributed by atoms with E-state index in [1.807, 2.05) is 0 Å². The van der Waals surface area contributed by atoms with E-state index in [-0.39, 0.29) is 23.7 Å². The predicted molar refractivity (Wildman–Crippen MR) is 87.8 cm³/mol. The van der Waals surface area contributed by atoms with Crippen LogP contribution in [0.2, 0.25) is 0 Å². The Morgan fingerprint density at radius 1 is 1.00 bits per heavy atom. The molecule has 1 heterocycles. The summed E-state index contributed by atoms with van der Waals surface area (Å²) in [6, 6.07) is 11.6. The van der Waals surface area contributed by atoms with Crippen molar-refractivity contribution in [1.29, 1.82) is 0 Å². The summed E-state index contributed by atoms with van der Waals surface area (Å²) in [5, 5.41) is 0. The summed E-state index contributed by atoms with van der Waals surface area (Å²) in [7, 11) is 0. The van der Waals surface area contributed by atoms with E-state index in [1.54, 1.807) is 42.5 Å². The minimum atomic E-state index is -0.511. The summed E-state index contributed by atoms with van der Waals surface area (Å²) in [5.41, 5.74) is 1.15. The van der Waals surface area contributed by atoms with Crippen molar-refractivity contribution in [2.45, 2.75) is 26.4 Å². The van der Waals surface area contributed by atoms with Gasteiger partial charge < -0.3 is 14.2 Å². The fourth-order valence-corrected chi connectivity index (χ4v) is 2.66. The van der Waals surface area contributed by atoms with Crippen LogP contribution in [0.1, 0.15) is 42.3 Å². The van der Waals surface area contributed by atoms with Gasteiger partial charge in [-0.3, -0.25) is 14.4 Å². The van der Waals surface area contributed by atoms with E-state index in [2.05, 4.69) is 0 Å². The van der Waals surface area contributed by atoms with Crippen LogP contribution < -0.4 is 14.2 Å². The molecule has 2 aromatic carbocycles. The largest absolute Gasteiger partial charge is 0.481 e. The maximum atomic E-state index is 12.4. The number of Topliss-reactive ketones (excluding diaryl/α,β-unsaturated/α-hetero) is 1. The van der Waals surface area contributed by atoms with Crippen LogP contribution in [0.15, 0.2) is 42.5 Å². The summed E-state index contributed by atoms with van der Waals surface area (Å²) < 4.78 is 16.1. The maximum absolute atomic E-state index is 12.4. The fourth-order valence-electron chi connectivity index (χ4n) is 2.66. The Hall–Kier alpha value is -3.15. The van der Waals surface area contributed by atoms with Gasteiger partial charge in [-0.2, -0.15) is 0 Å². The second kappa shape index (κ2) is 6.76. The van der Waals surface area contributed by atoms with Crippen LogP contribution in [0.3, 0.4) is 0 Å². The second-order valence-corrected chi connectivity index (χ2v) is 5.62. The standard InChI is InChI=1S/C19H16O6/c1-11(20)23-14-8-6-13(7-9-14)18-10-16(22)15-4-3-5-17(19(15)25-18)24-12(2)21/h3-9,18H,10H2,1-2H3/t18-/m1/s1. The number of ketones is 1. The van der Waals surface area contributed by atoms with Gasteiger partial charge in [0.1, 0.15) is 11.9 Å². The Balaban J connectivity index is 1.88. The highest BCUT2D eigenvalue weighted by Gasteiger charge is 2.30. The molecule has 1 aliphatic rings. The van der Waals surface area contributed by atoms with Crippen LogP contribution >= 0.6 is 0 Å². The molecule has 0 radical (unpaired) electrons. The van der Waals surface area contributed by atoms with Crippen molar-refractivity contribution < 1.29 is 28.6 Å². The summed E-state index contributed by atoms with van der Waals surface area (Å²) in [6.07, 6.45) is -0.341. The third-order valence-electron chi connectivity index (χ3n) is 3.68. The summed E-state index contributed by atoms with van der Waals surface area (Å²) in [4.78, 5) is 34.7. The van der Waals surface area contributed by atoms with Crippen molar-refractivity contribution in [2.75, 3.05) is 0 Å². The number of ether oxygens (including phenoxy) is 3. The quantitative estimate of drug-likeness (QED) is 0.630. The van der Waals surface area contributed by atoms with Crippen molar-refractivity contribution in [3.63, 3.8) is 0 Å². The van der Waals surface area contributed by atoms with Gasteiger partial charge in [-0.15, -0.1) is 0 Å². The van der Waals surface area contributed by atoms with Gasteiger partial charge in [0, 0.05) is 13.8 Å². The first-order valence-electron chi connectivity index (χ1n) is 7.73. The van der Waals surface area contributed by atoms with E-state index in [9.17, 15) is 14.4 Å². The van der Waals surface area contributed by atoms with Gasteiger partial charge in [-0.25, -0.2) is 0 Å². The molecule has 0 saturated heterocycles. The molecule has 0 unspecified atom stereocenters. The predicted octanol–water partition coefficient (Wildman–Crippen LogP) is 3.24. The number of hydrogen-bond acceptors (Lipinski definition) is 6. The Morgan fingerprint density at radius 2 is 1.68 bits per heavy atom. The van der Waals surface area contributed by atoms with Crippen molar-refractivity contribution in [3.8, 4) is 17.2 Å². The SMILES string of the molecule is CC(=O)Oc1ccc([C@H]2CC(=O)c3cccc(OC(C)=O)c3O2)cc1. The van der Waals surface area contributed by atoms with E-state index in [4.69, 9.17) is 14.2 Å². The number of hydrogen-bond donors (Lipinski definition) is 0. The highest BCUT2D eigenvalue weighted by Crippen LogP contribution is 2.41. The van der Waals surface area contributed by atoms with Crippen molar-refractivity contribution in [1.82, 2.24) is 0 Å². The van der Waals surface area contributed by atoms with Gasteiger partial charge in [0.05, 0.1) is 12.0 Å². The number of carbonyl (C=O) groups is 3. The number of benzene rings is 2. The first-order valence-corrected chi connectivity index (χ1v) is 7.73. The van der Waals surface area contributed by atoms with E-state index in [0.717, 1.165) is 5.56 Å². The molecule has 0 aromatic heterocycles. The third kappa shape index (κ3) is 3.68. The molecule has 6 nitrogen and oxygen atoms in total. The lowest BCUT2D eigenvalue weighted by atomic mass is 9.96. The smallest absolute Gasteiger partial charge is 0.308 e. The molecular formula is C19H16O6. The first kappa shape index (κ1) is 16.7. The van der Waals surface area contributed by atoms with Crippen molar-refractivity contribution in [3.05, 3.63) is 53.6 Å². The average Bonchev–Trinajstić information content (AvgIpc) is 2.55. The highest BCUT2D eigenvalue weighted by molar-refractivity contribution is 6.01. The average molecular weight is 340 g/mol. The Bertz CT molecular complexity index is 837. The molecule has 0 amide bonds. The topological polar surface area (TPSA) is 78.9 Å². The number of esters is 2. The zero-order chi connectivity index (χ0) is 18.0. The van der Waals surface area contributed by atoms with E-state index in [1.165, 1.54) is 13.8 Å². The number of rotatable bonds is 3. The Labute approximate surface area is 144 Å². The van der Waals surface area contributed by atoms with Crippen molar-refractivity contribution in [2.24, 2.45) is 0 Å². The Kier molecular flexibility index (Phi) is 4.52. The van der Waals surface area contributed by atoms with Crippen LogP contribution in [-0.4, -0.2) is 17.7 Å². The molecule has 2 aromatic rings. The third-order valence-corrected chi connectivity index (χ3v) is 3.68. The molecule has 1 atom stereocenters. The Morgan fingerprint density at radius 3 is 2.32 bits per heavy atom. The summed E-state index contributed by atoms with van der Waals surface area (Å²) >= 11 is 0. The molecule has 0 aliphatic carbocycles. The molecule has 0 saturated carbocycles. The zero-order valence-corrected chi connectivity index (χ0v) is 13.8. The molecule has 0 bridgehead atoms. The monoisotopic (exact) mass is 340 g/mol. The molecule has 3 rings (SSSR count). The molecule has 25 heavy (non-hydrogen) atoms. The highest BCUT2D eigenvalue weighted by atomic mass is 16.6. The normalized spacial score (nSPS) is 15.8. The molecule has 1 aliphatic heterocycles. The minimum absolute atomic E-state index is 0.0932. The molecular weight excluding hydrogens is 324 g/mol. The number of fused-ring (bicyclic) bond motifs is 1. The van der Waals surface area contributed by atoms with E-state index < -0.39 is 18.0 Å². The van der Waals surface area contributed by atoms with Crippen LogP contribution in [0.25, 0.3) is 0 Å². The van der Waals surface area contributed by atoms with Gasteiger partial charge >= 0.3 is 11.9 Å². The molecule has 0 fully saturated rings. The number of carbonyl (C=O) groups excluding carboxylic acids is 3. The van der Waals surface area contributed by atoms with Crippen LogP contribution in [0.5, 0.6) is 17.2 Å². The molecule has 0 spiro atoms. The molecule has 0 N–H and O–H groups in total. The minimum Gasteiger partial charge on any atom is -0.481 e. The summed E-state index contributed by atoms with van der Waals surface area (Å²) in [5.74, 6) is -0.0830. The lowest BCUT2D eigenvalue weighted by molar-refractivity contribution is -0.132. The van der Waals surface area contributed by atoms with Crippen LogP contribution in [0.4, 0.5) is 0 Å². The van der Waals surface area contributed by atoms with Crippen LogP contribution in [0, 0.1) is 0 Å². The van der Waals surface area contributed by atoms with Crippen molar-refractivity contribution >= 4 is 17.7 Å². The van der Waals surface area contributed by atoms with E-state index >= 15 is 0 Å². The van der Waals surface area contributed by atoms with E-state index in [0.29, 0.717) is 11.3 Å². The lowest BCUT2D eigenvalue weighted by Crippen LogP contribution is -2.21. The zero-order valence-electron chi connectivity index (χ0n) is 13.8. The first-order chi connectivity index (χ1) is 11.9.